The molecule has 0 saturated carbocycles. The fourth-order valence-electron chi connectivity index (χ4n) is 4.89. The molecule has 10 nitrogen and oxygen atoms in total. The van der Waals surface area contributed by atoms with E-state index >= 15 is 0 Å². The summed E-state index contributed by atoms with van der Waals surface area (Å²) in [6.07, 6.45) is 6.76. The van der Waals surface area contributed by atoms with E-state index in [1.165, 1.54) is 6.08 Å². The van der Waals surface area contributed by atoms with Crippen molar-refractivity contribution in [1.82, 2.24) is 24.5 Å². The molecule has 5 rings (SSSR count). The Hall–Kier alpha value is -3.57. The van der Waals surface area contributed by atoms with Crippen LogP contribution in [-0.2, 0) is 16.1 Å². The predicted molar refractivity (Wildman–Crippen MR) is 150 cm³/mol. The van der Waals surface area contributed by atoms with Gasteiger partial charge in [-0.1, -0.05) is 32.1 Å². The Morgan fingerprint density at radius 2 is 2.08 bits per heavy atom. The van der Waals surface area contributed by atoms with Gasteiger partial charge in [0.15, 0.2) is 5.65 Å². The van der Waals surface area contributed by atoms with E-state index in [1.54, 1.807) is 10.6 Å². The van der Waals surface area contributed by atoms with Crippen LogP contribution in [0.25, 0.3) is 5.65 Å². The van der Waals surface area contributed by atoms with Gasteiger partial charge in [0.2, 0.25) is 17.8 Å². The lowest BCUT2D eigenvalue weighted by Gasteiger charge is -2.23. The maximum Gasteiger partial charge on any atom is 0.248 e. The third-order valence-corrected chi connectivity index (χ3v) is 7.06. The number of benzene rings is 1. The highest BCUT2D eigenvalue weighted by Gasteiger charge is 2.21. The Bertz CT molecular complexity index is 1300. The molecule has 2 aromatic heterocycles. The first-order valence-electron chi connectivity index (χ1n) is 13.7. The largest absolute Gasteiger partial charge is 0.381 e. The molecule has 0 bridgehead atoms. The number of fused-ring (bicyclic) bond motifs is 1. The Morgan fingerprint density at radius 1 is 1.23 bits per heavy atom. The summed E-state index contributed by atoms with van der Waals surface area (Å²) in [6.45, 7) is 7.93. The van der Waals surface area contributed by atoms with Gasteiger partial charge in [-0.3, -0.25) is 9.69 Å². The molecule has 0 aliphatic carbocycles. The van der Waals surface area contributed by atoms with Crippen LogP contribution in [0.3, 0.4) is 0 Å². The van der Waals surface area contributed by atoms with Crippen molar-refractivity contribution in [2.24, 2.45) is 0 Å². The third-order valence-electron chi connectivity index (χ3n) is 7.06. The summed E-state index contributed by atoms with van der Waals surface area (Å²) in [5.74, 6) is 1.22. The number of alkyl halides is 1. The Morgan fingerprint density at radius 3 is 2.85 bits per heavy atom. The van der Waals surface area contributed by atoms with Gasteiger partial charge in [0, 0.05) is 62.8 Å². The molecule has 2 aliphatic heterocycles. The van der Waals surface area contributed by atoms with Gasteiger partial charge in [-0.15, -0.1) is 0 Å². The fraction of sp³-hybridized carbons (Fsp3) is 0.500. The minimum absolute atomic E-state index is 0.213. The summed E-state index contributed by atoms with van der Waals surface area (Å²) in [6, 6.07) is 7.94. The summed E-state index contributed by atoms with van der Waals surface area (Å²) < 4.78 is 20.5. The maximum absolute atomic E-state index is 13.3. The first kappa shape index (κ1) is 27.0. The molecular formula is C28H37FN8O2. The van der Waals surface area contributed by atoms with Gasteiger partial charge in [-0.2, -0.15) is 19.6 Å². The quantitative estimate of drug-likeness (QED) is 0.334. The second-order valence-corrected chi connectivity index (χ2v) is 10.5. The first-order chi connectivity index (χ1) is 18.9. The molecule has 1 atom stereocenters. The van der Waals surface area contributed by atoms with Gasteiger partial charge in [0.05, 0.1) is 6.20 Å². The number of anilines is 3. The minimum Gasteiger partial charge on any atom is -0.381 e. The molecule has 1 amide bonds. The van der Waals surface area contributed by atoms with Gasteiger partial charge < -0.3 is 20.7 Å². The SMILES string of the molecule is CC(C)c1cnn2c(NCc3cccc(NC(=O)/C=C/CN4CCC(F)C4)c3)nc(NC3CCOCC3)nc12. The topological polar surface area (TPSA) is 109 Å². The van der Waals surface area contributed by atoms with Crippen molar-refractivity contribution in [3.8, 4) is 0 Å². The number of likely N-dealkylation sites (tertiary alicyclic amines) is 1. The summed E-state index contributed by atoms with van der Waals surface area (Å²) in [5.41, 5.74) is 3.51. The number of nitrogens with zero attached hydrogens (tertiary/aromatic N) is 5. The Labute approximate surface area is 228 Å². The van der Waals surface area contributed by atoms with E-state index in [-0.39, 0.29) is 17.9 Å². The molecule has 2 saturated heterocycles. The summed E-state index contributed by atoms with van der Waals surface area (Å²) >= 11 is 0. The fourth-order valence-corrected chi connectivity index (χ4v) is 4.89. The Balaban J connectivity index is 1.25. The maximum atomic E-state index is 13.3. The van der Waals surface area contributed by atoms with Crippen molar-refractivity contribution in [2.45, 2.75) is 57.8 Å². The van der Waals surface area contributed by atoms with E-state index in [0.717, 1.165) is 49.4 Å². The summed E-state index contributed by atoms with van der Waals surface area (Å²) in [7, 11) is 0. The van der Waals surface area contributed by atoms with Crippen LogP contribution < -0.4 is 16.0 Å². The molecule has 0 spiro atoms. The van der Waals surface area contributed by atoms with Gasteiger partial charge in [0.1, 0.15) is 6.17 Å². The third kappa shape index (κ3) is 7.10. The number of aromatic nitrogens is 4. The number of amides is 1. The first-order valence-corrected chi connectivity index (χ1v) is 13.7. The molecule has 2 fully saturated rings. The van der Waals surface area contributed by atoms with Crippen LogP contribution in [0.2, 0.25) is 0 Å². The van der Waals surface area contributed by atoms with Crippen LogP contribution in [0.4, 0.5) is 22.0 Å². The van der Waals surface area contributed by atoms with Gasteiger partial charge in [-0.05, 0) is 42.9 Å². The number of halogens is 1. The highest BCUT2D eigenvalue weighted by Crippen LogP contribution is 2.23. The molecule has 2 aliphatic rings. The van der Waals surface area contributed by atoms with Crippen LogP contribution in [0.15, 0.2) is 42.6 Å². The monoisotopic (exact) mass is 536 g/mol. The average Bonchev–Trinajstić information content (AvgIpc) is 3.54. The molecule has 1 aromatic carbocycles. The number of nitrogens with one attached hydrogen (secondary N) is 3. The average molecular weight is 537 g/mol. The van der Waals surface area contributed by atoms with Crippen LogP contribution in [0, 0.1) is 0 Å². The lowest BCUT2D eigenvalue weighted by molar-refractivity contribution is -0.111. The molecule has 3 aromatic rings. The van der Waals surface area contributed by atoms with E-state index in [1.807, 2.05) is 35.4 Å². The van der Waals surface area contributed by atoms with Crippen LogP contribution in [0.1, 0.15) is 50.2 Å². The van der Waals surface area contributed by atoms with Gasteiger partial charge in [-0.25, -0.2) is 4.39 Å². The van der Waals surface area contributed by atoms with Crippen molar-refractivity contribution in [3.05, 3.63) is 53.7 Å². The predicted octanol–water partition coefficient (Wildman–Crippen LogP) is 3.99. The van der Waals surface area contributed by atoms with Crippen molar-refractivity contribution in [1.29, 1.82) is 0 Å². The number of ether oxygens (including phenoxy) is 1. The van der Waals surface area contributed by atoms with Crippen LogP contribution in [-0.4, -0.2) is 75.5 Å². The van der Waals surface area contributed by atoms with Crippen LogP contribution >= 0.6 is 0 Å². The molecule has 39 heavy (non-hydrogen) atoms. The zero-order valence-electron chi connectivity index (χ0n) is 22.6. The van der Waals surface area contributed by atoms with E-state index in [2.05, 4.69) is 34.9 Å². The van der Waals surface area contributed by atoms with Crippen LogP contribution in [0.5, 0.6) is 0 Å². The number of hydrogen-bond donors (Lipinski definition) is 3. The smallest absolute Gasteiger partial charge is 0.248 e. The molecule has 11 heteroatoms. The highest BCUT2D eigenvalue weighted by molar-refractivity contribution is 5.99. The van der Waals surface area contributed by atoms with Gasteiger partial charge >= 0.3 is 0 Å². The van der Waals surface area contributed by atoms with E-state index in [0.29, 0.717) is 43.6 Å². The zero-order chi connectivity index (χ0) is 27.2. The summed E-state index contributed by atoms with van der Waals surface area (Å²) in [5, 5.41) is 14.3. The standard InChI is InChI=1S/C28H37FN8O2/c1-19(2)24-17-31-37-26(24)34-27(33-22-9-13-39-14-10-22)35-28(37)30-16-20-5-3-6-23(15-20)32-25(38)7-4-11-36-12-8-21(29)18-36/h3-7,15,17,19,21-22H,8-14,16,18H2,1-2H3,(H,32,38)(H2,30,33,34,35)/b7-4+. The van der Waals surface area contributed by atoms with Crippen molar-refractivity contribution >= 4 is 29.1 Å². The minimum atomic E-state index is -0.762. The number of hydrogen-bond acceptors (Lipinski definition) is 8. The van der Waals surface area contributed by atoms with E-state index in [4.69, 9.17) is 14.7 Å². The van der Waals surface area contributed by atoms with Crippen molar-refractivity contribution in [3.63, 3.8) is 0 Å². The number of carbonyl (C=O) groups excluding carboxylic acids is 1. The number of carbonyl (C=O) groups is 1. The second kappa shape index (κ2) is 12.5. The number of rotatable bonds is 10. The van der Waals surface area contributed by atoms with Crippen molar-refractivity contribution < 1.29 is 13.9 Å². The van der Waals surface area contributed by atoms with Gasteiger partial charge in [0.25, 0.3) is 0 Å². The molecule has 3 N–H and O–H groups in total. The van der Waals surface area contributed by atoms with E-state index in [9.17, 15) is 9.18 Å². The lowest BCUT2D eigenvalue weighted by Crippen LogP contribution is -2.29. The lowest BCUT2D eigenvalue weighted by atomic mass is 10.1. The Kier molecular flexibility index (Phi) is 8.67. The van der Waals surface area contributed by atoms with Crippen molar-refractivity contribution in [2.75, 3.05) is 48.8 Å². The molecule has 208 valence electrons. The molecule has 1 unspecified atom stereocenters. The zero-order valence-corrected chi connectivity index (χ0v) is 22.6. The molecule has 0 radical (unpaired) electrons. The normalized spacial score (nSPS) is 18.8. The molecular weight excluding hydrogens is 499 g/mol. The second-order valence-electron chi connectivity index (χ2n) is 10.5. The van der Waals surface area contributed by atoms with E-state index < -0.39 is 6.17 Å². The highest BCUT2D eigenvalue weighted by atomic mass is 19.1. The molecule has 4 heterocycles. The summed E-state index contributed by atoms with van der Waals surface area (Å²) in [4.78, 5) is 23.9.